The zero-order chi connectivity index (χ0) is 19.7. The van der Waals surface area contributed by atoms with Crippen LogP contribution in [0.1, 0.15) is 15.9 Å². The van der Waals surface area contributed by atoms with Crippen LogP contribution in [0.3, 0.4) is 0 Å². The largest absolute Gasteiger partial charge is 0.394 e. The topological polar surface area (TPSA) is 70.9 Å². The maximum Gasteiger partial charge on any atom is 0.257 e. The number of fused-ring (bicyclic) bond motifs is 1. The van der Waals surface area contributed by atoms with Crippen LogP contribution in [0.15, 0.2) is 58.0 Å². The predicted molar refractivity (Wildman–Crippen MR) is 110 cm³/mol. The lowest BCUT2D eigenvalue weighted by atomic mass is 9.79. The van der Waals surface area contributed by atoms with E-state index in [1.54, 1.807) is 36.4 Å². The number of carbonyl (C=O) groups excluding carboxylic acids is 1. The summed E-state index contributed by atoms with van der Waals surface area (Å²) in [5.41, 5.74) is -0.0765. The number of amides is 1. The van der Waals surface area contributed by atoms with Crippen molar-refractivity contribution in [3.8, 4) is 0 Å². The Balaban J connectivity index is 1.72. The van der Waals surface area contributed by atoms with Gasteiger partial charge in [-0.15, -0.1) is 0 Å². The van der Waals surface area contributed by atoms with Gasteiger partial charge >= 0.3 is 0 Å². The van der Waals surface area contributed by atoms with E-state index in [1.807, 2.05) is 6.07 Å². The van der Waals surface area contributed by atoms with Crippen LogP contribution in [0.2, 0.25) is 0 Å². The number of rotatable bonds is 3. The maximum atomic E-state index is 14.8. The molecular formula is C20H18BrFN2O3S. The fourth-order valence-corrected chi connectivity index (χ4v) is 5.26. The molecule has 2 aliphatic rings. The van der Waals surface area contributed by atoms with Gasteiger partial charge in [-0.05, 0) is 30.3 Å². The van der Waals surface area contributed by atoms with E-state index in [1.165, 1.54) is 17.8 Å². The zero-order valence-corrected chi connectivity index (χ0v) is 17.2. The van der Waals surface area contributed by atoms with Crippen LogP contribution in [0.25, 0.3) is 0 Å². The summed E-state index contributed by atoms with van der Waals surface area (Å²) in [7, 11) is 0. The lowest BCUT2D eigenvalue weighted by molar-refractivity contribution is 0.0436. The first-order valence-electron chi connectivity index (χ1n) is 8.80. The van der Waals surface area contributed by atoms with Crippen LogP contribution in [0.5, 0.6) is 0 Å². The molecule has 146 valence electrons. The molecule has 0 spiro atoms. The summed E-state index contributed by atoms with van der Waals surface area (Å²) in [4.78, 5) is 17.3. The van der Waals surface area contributed by atoms with Crippen molar-refractivity contribution in [1.29, 1.82) is 0 Å². The number of aliphatic hydroxyl groups excluding tert-OH is 1. The summed E-state index contributed by atoms with van der Waals surface area (Å²) in [5, 5.41) is 12.9. The van der Waals surface area contributed by atoms with Crippen molar-refractivity contribution in [1.82, 2.24) is 5.32 Å². The molecule has 2 N–H and O–H groups in total. The van der Waals surface area contributed by atoms with Gasteiger partial charge in [-0.2, -0.15) is 0 Å². The number of aliphatic imine (C=N–C) groups is 1. The Morgan fingerprint density at radius 2 is 2.14 bits per heavy atom. The first-order chi connectivity index (χ1) is 13.5. The zero-order valence-electron chi connectivity index (χ0n) is 14.8. The summed E-state index contributed by atoms with van der Waals surface area (Å²) in [5.74, 6) is -0.318. The van der Waals surface area contributed by atoms with E-state index in [-0.39, 0.29) is 30.9 Å². The second-order valence-corrected chi connectivity index (χ2v) is 8.66. The number of aliphatic hydroxyl groups is 1. The number of nitrogens with zero attached hydrogens (tertiary/aromatic N) is 1. The van der Waals surface area contributed by atoms with Crippen LogP contribution in [-0.4, -0.2) is 41.3 Å². The molecule has 1 saturated heterocycles. The number of thioether (sulfide) groups is 1. The number of amidine groups is 1. The number of carbonyl (C=O) groups is 1. The van der Waals surface area contributed by atoms with Crippen molar-refractivity contribution in [3.05, 3.63) is 69.9 Å². The fraction of sp³-hybridized carbons (Fsp3) is 0.300. The summed E-state index contributed by atoms with van der Waals surface area (Å²) in [6.45, 7) is -0.0225. The summed E-state index contributed by atoms with van der Waals surface area (Å²) >= 11 is 4.77. The molecule has 1 amide bonds. The molecule has 0 aliphatic carbocycles. The van der Waals surface area contributed by atoms with Crippen LogP contribution in [-0.2, 0) is 10.3 Å². The monoisotopic (exact) mass is 464 g/mol. The molecule has 3 atom stereocenters. The normalized spacial score (nSPS) is 26.5. The van der Waals surface area contributed by atoms with Crippen molar-refractivity contribution >= 4 is 38.8 Å². The van der Waals surface area contributed by atoms with Gasteiger partial charge in [0.2, 0.25) is 0 Å². The van der Waals surface area contributed by atoms with E-state index in [9.17, 15) is 14.3 Å². The maximum absolute atomic E-state index is 14.8. The summed E-state index contributed by atoms with van der Waals surface area (Å²) < 4.78 is 21.3. The van der Waals surface area contributed by atoms with Crippen molar-refractivity contribution < 1.29 is 19.0 Å². The smallest absolute Gasteiger partial charge is 0.257 e. The molecule has 0 saturated carbocycles. The van der Waals surface area contributed by atoms with Gasteiger partial charge in [0.15, 0.2) is 5.17 Å². The second-order valence-electron chi connectivity index (χ2n) is 6.74. The lowest BCUT2D eigenvalue weighted by Crippen LogP contribution is -2.45. The van der Waals surface area contributed by atoms with Crippen LogP contribution in [0, 0.1) is 11.7 Å². The van der Waals surface area contributed by atoms with Crippen LogP contribution < -0.4 is 5.32 Å². The number of nitrogens with one attached hydrogen (secondary N) is 1. The van der Waals surface area contributed by atoms with Crippen molar-refractivity contribution in [2.24, 2.45) is 10.9 Å². The minimum Gasteiger partial charge on any atom is -0.394 e. The van der Waals surface area contributed by atoms with E-state index in [0.717, 1.165) is 4.47 Å². The molecule has 0 bridgehead atoms. The Morgan fingerprint density at radius 3 is 2.89 bits per heavy atom. The molecule has 2 aromatic rings. The highest BCUT2D eigenvalue weighted by molar-refractivity contribution is 9.10. The first-order valence-corrected chi connectivity index (χ1v) is 10.6. The Kier molecular flexibility index (Phi) is 5.55. The Morgan fingerprint density at radius 1 is 1.36 bits per heavy atom. The minimum atomic E-state index is -0.994. The molecule has 0 aromatic heterocycles. The molecule has 2 heterocycles. The van der Waals surface area contributed by atoms with Gasteiger partial charge < -0.3 is 15.2 Å². The van der Waals surface area contributed by atoms with Gasteiger partial charge in [-0.3, -0.25) is 4.79 Å². The highest BCUT2D eigenvalue weighted by atomic mass is 79.9. The average Bonchev–Trinajstić information content (AvgIpc) is 3.09. The van der Waals surface area contributed by atoms with Crippen molar-refractivity contribution in [2.75, 3.05) is 19.0 Å². The van der Waals surface area contributed by atoms with Gasteiger partial charge in [0.05, 0.1) is 19.3 Å². The van der Waals surface area contributed by atoms with E-state index in [4.69, 9.17) is 9.73 Å². The average molecular weight is 465 g/mol. The molecule has 2 aliphatic heterocycles. The minimum absolute atomic E-state index is 0.140. The van der Waals surface area contributed by atoms with E-state index >= 15 is 0 Å². The highest BCUT2D eigenvalue weighted by Gasteiger charge is 2.54. The molecule has 0 radical (unpaired) electrons. The predicted octanol–water partition coefficient (Wildman–Crippen LogP) is 3.32. The SMILES string of the molecule is O=C(NC1=N[C@]2(c3cc(Br)ccc3F)CO[C@@H](CO)[C@@H]2CS1)c1ccccc1. The number of hydrogen-bond acceptors (Lipinski definition) is 5. The molecule has 4 rings (SSSR count). The van der Waals surface area contributed by atoms with Crippen molar-refractivity contribution in [2.45, 2.75) is 11.6 Å². The molecule has 28 heavy (non-hydrogen) atoms. The number of halogens is 2. The third-order valence-corrected chi connectivity index (χ3v) is 6.60. The Hall–Kier alpha value is -1.74. The summed E-state index contributed by atoms with van der Waals surface area (Å²) in [6.07, 6.45) is -0.430. The fourth-order valence-electron chi connectivity index (χ4n) is 3.68. The molecule has 8 heteroatoms. The van der Waals surface area contributed by atoms with E-state index < -0.39 is 11.6 Å². The number of ether oxygens (including phenoxy) is 1. The Labute approximate surface area is 174 Å². The third kappa shape index (κ3) is 3.50. The van der Waals surface area contributed by atoms with E-state index in [0.29, 0.717) is 22.0 Å². The number of hydrogen-bond donors (Lipinski definition) is 2. The lowest BCUT2D eigenvalue weighted by Gasteiger charge is -2.36. The summed E-state index contributed by atoms with van der Waals surface area (Å²) in [6, 6.07) is 13.6. The van der Waals surface area contributed by atoms with Gasteiger partial charge in [0.25, 0.3) is 5.91 Å². The number of benzene rings is 2. The van der Waals surface area contributed by atoms with Gasteiger partial charge in [0, 0.05) is 27.3 Å². The van der Waals surface area contributed by atoms with Gasteiger partial charge in [-0.25, -0.2) is 9.38 Å². The molecule has 5 nitrogen and oxygen atoms in total. The van der Waals surface area contributed by atoms with Crippen LogP contribution >= 0.6 is 27.7 Å². The molecule has 1 fully saturated rings. The highest BCUT2D eigenvalue weighted by Crippen LogP contribution is 2.48. The van der Waals surface area contributed by atoms with Gasteiger partial charge in [0.1, 0.15) is 11.4 Å². The van der Waals surface area contributed by atoms with Gasteiger partial charge in [-0.1, -0.05) is 45.9 Å². The first kappa shape index (κ1) is 19.6. The Bertz CT molecular complexity index is 927. The molecule has 0 unspecified atom stereocenters. The molecular weight excluding hydrogens is 447 g/mol. The molecule has 2 aromatic carbocycles. The van der Waals surface area contributed by atoms with Crippen LogP contribution in [0.4, 0.5) is 4.39 Å². The second kappa shape index (κ2) is 7.94. The third-order valence-electron chi connectivity index (χ3n) is 5.11. The van der Waals surface area contributed by atoms with Crippen molar-refractivity contribution in [3.63, 3.8) is 0 Å². The quantitative estimate of drug-likeness (QED) is 0.730. The van der Waals surface area contributed by atoms with E-state index in [2.05, 4.69) is 21.2 Å². The standard InChI is InChI=1S/C20H18BrFN2O3S/c21-13-6-7-16(22)14(8-13)20-11-27-17(9-25)15(20)10-28-19(24-20)23-18(26)12-4-2-1-3-5-12/h1-8,15,17,25H,9-11H2,(H,23,24,26)/t15-,17-,20-/m0/s1.